The summed E-state index contributed by atoms with van der Waals surface area (Å²) in [4.78, 5) is 27.8. The van der Waals surface area contributed by atoms with Gasteiger partial charge in [0.1, 0.15) is 18.0 Å². The first-order valence-corrected chi connectivity index (χ1v) is 9.99. The molecule has 2 saturated heterocycles. The topological polar surface area (TPSA) is 61.8 Å². The summed E-state index contributed by atoms with van der Waals surface area (Å²) < 4.78 is 5.41. The molecule has 0 spiro atoms. The van der Waals surface area contributed by atoms with E-state index in [2.05, 4.69) is 19.8 Å². The Morgan fingerprint density at radius 1 is 0.964 bits per heavy atom. The van der Waals surface area contributed by atoms with Crippen LogP contribution < -0.4 is 9.80 Å². The minimum atomic E-state index is 0.115. The van der Waals surface area contributed by atoms with Gasteiger partial charge in [-0.1, -0.05) is 29.8 Å². The molecule has 0 saturated carbocycles. The number of anilines is 2. The molecular formula is C20H24ClN5O2. The van der Waals surface area contributed by atoms with Gasteiger partial charge in [-0.2, -0.15) is 0 Å². The van der Waals surface area contributed by atoms with E-state index in [1.54, 1.807) is 6.33 Å². The quantitative estimate of drug-likeness (QED) is 0.779. The lowest BCUT2D eigenvalue weighted by Gasteiger charge is -2.36. The van der Waals surface area contributed by atoms with Crippen molar-refractivity contribution in [2.24, 2.45) is 0 Å². The SMILES string of the molecule is O=C(Cc1ccccc1Cl)N1CCN(c2cc(N3CCOCC3)ncn2)CC1. The summed E-state index contributed by atoms with van der Waals surface area (Å²) in [6, 6.07) is 9.55. The van der Waals surface area contributed by atoms with Crippen LogP contribution in [0, 0.1) is 0 Å². The highest BCUT2D eigenvalue weighted by atomic mass is 35.5. The minimum absolute atomic E-state index is 0.115. The number of morpholine rings is 1. The van der Waals surface area contributed by atoms with Crippen LogP contribution >= 0.6 is 11.6 Å². The van der Waals surface area contributed by atoms with Gasteiger partial charge in [0.15, 0.2) is 0 Å². The molecule has 2 fully saturated rings. The fraction of sp³-hybridized carbons (Fsp3) is 0.450. The van der Waals surface area contributed by atoms with E-state index in [1.807, 2.05) is 35.2 Å². The number of amides is 1. The Hall–Kier alpha value is -2.38. The maximum Gasteiger partial charge on any atom is 0.227 e. The lowest BCUT2D eigenvalue weighted by molar-refractivity contribution is -0.130. The number of halogens is 1. The molecule has 1 aromatic carbocycles. The first-order chi connectivity index (χ1) is 13.7. The highest BCUT2D eigenvalue weighted by Gasteiger charge is 2.23. The van der Waals surface area contributed by atoms with Crippen LogP contribution in [0.3, 0.4) is 0 Å². The highest BCUT2D eigenvalue weighted by Crippen LogP contribution is 2.21. The van der Waals surface area contributed by atoms with Gasteiger partial charge in [-0.3, -0.25) is 4.79 Å². The first-order valence-electron chi connectivity index (χ1n) is 9.61. The molecular weight excluding hydrogens is 378 g/mol. The van der Waals surface area contributed by atoms with Gasteiger partial charge in [-0.15, -0.1) is 0 Å². The molecule has 7 nitrogen and oxygen atoms in total. The van der Waals surface area contributed by atoms with Crippen molar-refractivity contribution in [1.29, 1.82) is 0 Å². The van der Waals surface area contributed by atoms with Crippen LogP contribution in [0.25, 0.3) is 0 Å². The van der Waals surface area contributed by atoms with Crippen LogP contribution in [0.2, 0.25) is 5.02 Å². The van der Waals surface area contributed by atoms with Crippen LogP contribution in [0.15, 0.2) is 36.7 Å². The zero-order valence-corrected chi connectivity index (χ0v) is 16.5. The number of piperazine rings is 1. The molecule has 8 heteroatoms. The van der Waals surface area contributed by atoms with Crippen molar-refractivity contribution < 1.29 is 9.53 Å². The highest BCUT2D eigenvalue weighted by molar-refractivity contribution is 6.31. The van der Waals surface area contributed by atoms with Gasteiger partial charge in [0.2, 0.25) is 5.91 Å². The lowest BCUT2D eigenvalue weighted by Crippen LogP contribution is -2.49. The van der Waals surface area contributed by atoms with E-state index in [9.17, 15) is 4.79 Å². The van der Waals surface area contributed by atoms with E-state index in [1.165, 1.54) is 0 Å². The van der Waals surface area contributed by atoms with Crippen LogP contribution in [-0.2, 0) is 16.0 Å². The summed E-state index contributed by atoms with van der Waals surface area (Å²) in [5, 5.41) is 0.645. The summed E-state index contributed by atoms with van der Waals surface area (Å²) in [5.74, 6) is 1.96. The second kappa shape index (κ2) is 8.75. The molecule has 2 aliphatic rings. The second-order valence-corrected chi connectivity index (χ2v) is 7.38. The summed E-state index contributed by atoms with van der Waals surface area (Å²) in [6.45, 7) is 6.03. The third kappa shape index (κ3) is 4.36. The summed E-state index contributed by atoms with van der Waals surface area (Å²) in [5.41, 5.74) is 0.877. The Kier molecular flexibility index (Phi) is 5.92. The Balaban J connectivity index is 1.35. The molecule has 0 radical (unpaired) electrons. The van der Waals surface area contributed by atoms with Gasteiger partial charge in [0.05, 0.1) is 19.6 Å². The number of ether oxygens (including phenoxy) is 1. The Labute approximate surface area is 169 Å². The van der Waals surface area contributed by atoms with Gasteiger partial charge >= 0.3 is 0 Å². The molecule has 1 aromatic heterocycles. The largest absolute Gasteiger partial charge is 0.378 e. The predicted molar refractivity (Wildman–Crippen MR) is 109 cm³/mol. The summed E-state index contributed by atoms with van der Waals surface area (Å²) >= 11 is 6.18. The molecule has 1 amide bonds. The molecule has 4 rings (SSSR count). The third-order valence-corrected chi connectivity index (χ3v) is 5.60. The maximum absolute atomic E-state index is 12.6. The molecule has 0 atom stereocenters. The summed E-state index contributed by atoms with van der Waals surface area (Å²) in [6.07, 6.45) is 1.96. The van der Waals surface area contributed by atoms with Crippen LogP contribution in [0.1, 0.15) is 5.56 Å². The Morgan fingerprint density at radius 2 is 1.61 bits per heavy atom. The molecule has 2 aromatic rings. The van der Waals surface area contributed by atoms with E-state index in [0.29, 0.717) is 24.5 Å². The van der Waals surface area contributed by atoms with Crippen molar-refractivity contribution >= 4 is 29.1 Å². The minimum Gasteiger partial charge on any atom is -0.378 e. The first kappa shape index (κ1) is 19.0. The number of nitrogens with zero attached hydrogens (tertiary/aromatic N) is 5. The van der Waals surface area contributed by atoms with Crippen molar-refractivity contribution in [3.8, 4) is 0 Å². The summed E-state index contributed by atoms with van der Waals surface area (Å²) in [7, 11) is 0. The zero-order valence-electron chi connectivity index (χ0n) is 15.8. The smallest absolute Gasteiger partial charge is 0.227 e. The van der Waals surface area contributed by atoms with Crippen molar-refractivity contribution in [2.75, 3.05) is 62.3 Å². The molecule has 0 bridgehead atoms. The van der Waals surface area contributed by atoms with Crippen molar-refractivity contribution in [1.82, 2.24) is 14.9 Å². The molecule has 28 heavy (non-hydrogen) atoms. The average molecular weight is 402 g/mol. The standard InChI is InChI=1S/C20H24ClN5O2/c21-17-4-2-1-3-16(17)13-20(27)26-7-5-24(6-8-26)18-14-19(23-15-22-18)25-9-11-28-12-10-25/h1-4,14-15H,5-13H2. The van der Waals surface area contributed by atoms with E-state index < -0.39 is 0 Å². The van der Waals surface area contributed by atoms with Gasteiger partial charge in [-0.05, 0) is 11.6 Å². The van der Waals surface area contributed by atoms with Gasteiger partial charge in [0, 0.05) is 50.4 Å². The van der Waals surface area contributed by atoms with Crippen molar-refractivity contribution in [3.63, 3.8) is 0 Å². The van der Waals surface area contributed by atoms with Crippen LogP contribution in [0.5, 0.6) is 0 Å². The number of carbonyl (C=O) groups excluding carboxylic acids is 1. The Morgan fingerprint density at radius 3 is 2.29 bits per heavy atom. The van der Waals surface area contributed by atoms with Gasteiger partial charge < -0.3 is 19.4 Å². The molecule has 0 N–H and O–H groups in total. The van der Waals surface area contributed by atoms with E-state index in [0.717, 1.165) is 56.6 Å². The van der Waals surface area contributed by atoms with Crippen LogP contribution in [0.4, 0.5) is 11.6 Å². The van der Waals surface area contributed by atoms with Crippen molar-refractivity contribution in [2.45, 2.75) is 6.42 Å². The molecule has 148 valence electrons. The van der Waals surface area contributed by atoms with E-state index >= 15 is 0 Å². The van der Waals surface area contributed by atoms with Crippen LogP contribution in [-0.4, -0.2) is 73.3 Å². The number of aromatic nitrogens is 2. The predicted octanol–water partition coefficient (Wildman–Crippen LogP) is 1.86. The number of rotatable bonds is 4. The fourth-order valence-electron chi connectivity index (χ4n) is 3.58. The zero-order chi connectivity index (χ0) is 19.3. The number of hydrogen-bond donors (Lipinski definition) is 0. The fourth-order valence-corrected chi connectivity index (χ4v) is 3.78. The van der Waals surface area contributed by atoms with Gasteiger partial charge in [-0.25, -0.2) is 9.97 Å². The molecule has 2 aliphatic heterocycles. The third-order valence-electron chi connectivity index (χ3n) is 5.23. The molecule has 0 aliphatic carbocycles. The number of benzene rings is 1. The maximum atomic E-state index is 12.6. The average Bonchev–Trinajstić information content (AvgIpc) is 2.76. The van der Waals surface area contributed by atoms with Crippen molar-refractivity contribution in [3.05, 3.63) is 47.2 Å². The van der Waals surface area contributed by atoms with Gasteiger partial charge in [0.25, 0.3) is 0 Å². The lowest BCUT2D eigenvalue weighted by atomic mass is 10.1. The Bertz CT molecular complexity index is 820. The molecule has 3 heterocycles. The monoisotopic (exact) mass is 401 g/mol. The normalized spacial score (nSPS) is 17.7. The number of carbonyl (C=O) groups is 1. The van der Waals surface area contributed by atoms with E-state index in [-0.39, 0.29) is 5.91 Å². The van der Waals surface area contributed by atoms with E-state index in [4.69, 9.17) is 16.3 Å². The number of hydrogen-bond acceptors (Lipinski definition) is 6. The second-order valence-electron chi connectivity index (χ2n) is 6.97. The molecule has 0 unspecified atom stereocenters.